The van der Waals surface area contributed by atoms with Crippen LogP contribution in [0.25, 0.3) is 0 Å². The molecule has 1 aliphatic carbocycles. The number of thiocarbonyl (C=S) groups is 1. The first-order valence-corrected chi connectivity index (χ1v) is 3.98. The molecule has 0 atom stereocenters. The molecule has 0 nitrogen and oxygen atoms in total. The maximum atomic E-state index is 5.14. The highest BCUT2D eigenvalue weighted by atomic mass is 32.1. The van der Waals surface area contributed by atoms with Crippen LogP contribution in [0.4, 0.5) is 0 Å². The smallest absolute Gasteiger partial charge is 0.0225 e. The molecule has 0 aromatic carbocycles. The first-order valence-electron chi connectivity index (χ1n) is 3.58. The summed E-state index contributed by atoms with van der Waals surface area (Å²) in [5.74, 6) is 0. The van der Waals surface area contributed by atoms with Gasteiger partial charge in [-0.05, 0) is 18.4 Å². The third-order valence-corrected chi connectivity index (χ3v) is 1.86. The molecule has 0 fully saturated rings. The molecule has 10 heavy (non-hydrogen) atoms. The van der Waals surface area contributed by atoms with Crippen LogP contribution < -0.4 is 0 Å². The molecule has 0 saturated heterocycles. The van der Waals surface area contributed by atoms with Gasteiger partial charge in [0.2, 0.25) is 0 Å². The van der Waals surface area contributed by atoms with Gasteiger partial charge >= 0.3 is 0 Å². The molecule has 0 aromatic rings. The maximum Gasteiger partial charge on any atom is 0.0225 e. The van der Waals surface area contributed by atoms with Crippen molar-refractivity contribution in [1.82, 2.24) is 0 Å². The van der Waals surface area contributed by atoms with Crippen molar-refractivity contribution in [3.63, 3.8) is 0 Å². The molecule has 0 unspecified atom stereocenters. The van der Waals surface area contributed by atoms with Crippen LogP contribution in [0.15, 0.2) is 23.8 Å². The molecule has 1 heteroatoms. The van der Waals surface area contributed by atoms with Crippen molar-refractivity contribution in [2.24, 2.45) is 0 Å². The molecular formula is C9H11S. The summed E-state index contributed by atoms with van der Waals surface area (Å²) in [6.45, 7) is 2.13. The molecule has 1 radical (unpaired) electrons. The predicted octanol–water partition coefficient (Wildman–Crippen LogP) is 2.86. The molecule has 1 aliphatic rings. The second-order valence-corrected chi connectivity index (χ2v) is 2.78. The van der Waals surface area contributed by atoms with Gasteiger partial charge < -0.3 is 0 Å². The van der Waals surface area contributed by atoms with Crippen molar-refractivity contribution in [3.05, 3.63) is 30.2 Å². The second-order valence-electron chi connectivity index (χ2n) is 2.29. The number of hydrogen-bond donors (Lipinski definition) is 0. The lowest BCUT2D eigenvalue weighted by Gasteiger charge is -2.07. The van der Waals surface area contributed by atoms with Crippen molar-refractivity contribution >= 4 is 17.1 Å². The van der Waals surface area contributed by atoms with Crippen LogP contribution in [0.3, 0.4) is 0 Å². The Kier molecular flexibility index (Phi) is 2.82. The van der Waals surface area contributed by atoms with E-state index in [1.54, 1.807) is 0 Å². The molecule has 0 saturated carbocycles. The molecule has 0 amide bonds. The zero-order valence-electron chi connectivity index (χ0n) is 6.13. The molecule has 0 bridgehead atoms. The molecule has 0 spiro atoms. The van der Waals surface area contributed by atoms with Crippen LogP contribution in [0.2, 0.25) is 0 Å². The Balaban J connectivity index is 2.61. The van der Waals surface area contributed by atoms with E-state index in [0.717, 1.165) is 17.7 Å². The minimum absolute atomic E-state index is 0.942. The molecular weight excluding hydrogens is 140 g/mol. The average Bonchev–Trinajstić information content (AvgIpc) is 1.94. The molecule has 0 aliphatic heterocycles. The Hall–Kier alpha value is -0.430. The van der Waals surface area contributed by atoms with E-state index in [0.29, 0.717) is 0 Å². The standard InChI is InChI=1S/C9H11S/c1-2-5-8-6-3-4-7-9(8)10/h3-6H,2,7H2,1H3. The van der Waals surface area contributed by atoms with Crippen LogP contribution in [0, 0.1) is 6.42 Å². The van der Waals surface area contributed by atoms with Crippen LogP contribution in [-0.4, -0.2) is 4.86 Å². The molecule has 1 rings (SSSR count). The van der Waals surface area contributed by atoms with E-state index in [1.807, 2.05) is 0 Å². The summed E-state index contributed by atoms with van der Waals surface area (Å²) in [5.41, 5.74) is 1.24. The van der Waals surface area contributed by atoms with Crippen molar-refractivity contribution in [2.75, 3.05) is 0 Å². The van der Waals surface area contributed by atoms with Gasteiger partial charge in [-0.1, -0.05) is 37.4 Å². The molecule has 0 N–H and O–H groups in total. The Morgan fingerprint density at radius 2 is 2.50 bits per heavy atom. The summed E-state index contributed by atoms with van der Waals surface area (Å²) < 4.78 is 0. The van der Waals surface area contributed by atoms with Crippen molar-refractivity contribution in [3.8, 4) is 0 Å². The van der Waals surface area contributed by atoms with E-state index in [4.69, 9.17) is 12.2 Å². The summed E-state index contributed by atoms with van der Waals surface area (Å²) in [4.78, 5) is 1.07. The van der Waals surface area contributed by atoms with Crippen molar-refractivity contribution < 1.29 is 0 Å². The van der Waals surface area contributed by atoms with E-state index < -0.39 is 0 Å². The summed E-state index contributed by atoms with van der Waals surface area (Å²) in [7, 11) is 0. The van der Waals surface area contributed by atoms with Crippen LogP contribution >= 0.6 is 12.2 Å². The first-order chi connectivity index (χ1) is 4.84. The number of allylic oxidation sites excluding steroid dienone is 4. The predicted molar refractivity (Wildman–Crippen MR) is 49.0 cm³/mol. The third kappa shape index (κ3) is 1.77. The SMILES string of the molecule is CC[CH]C1=CC=CCC1=S. The molecule has 0 heterocycles. The Labute approximate surface area is 67.6 Å². The fourth-order valence-electron chi connectivity index (χ4n) is 0.959. The van der Waals surface area contributed by atoms with E-state index >= 15 is 0 Å². The minimum atomic E-state index is 0.942. The van der Waals surface area contributed by atoms with Crippen molar-refractivity contribution in [2.45, 2.75) is 19.8 Å². The minimum Gasteiger partial charge on any atom is -0.0843 e. The largest absolute Gasteiger partial charge is 0.0843 e. The lowest BCUT2D eigenvalue weighted by atomic mass is 10.0. The van der Waals surface area contributed by atoms with Gasteiger partial charge in [0.1, 0.15) is 0 Å². The Morgan fingerprint density at radius 3 is 3.10 bits per heavy atom. The monoisotopic (exact) mass is 151 g/mol. The van der Waals surface area contributed by atoms with Gasteiger partial charge in [-0.3, -0.25) is 0 Å². The van der Waals surface area contributed by atoms with Gasteiger partial charge in [0.25, 0.3) is 0 Å². The molecule has 0 aromatic heterocycles. The fraction of sp³-hybridized carbons (Fsp3) is 0.333. The lowest BCUT2D eigenvalue weighted by molar-refractivity contribution is 1.13. The number of rotatable bonds is 2. The summed E-state index contributed by atoms with van der Waals surface area (Å²) in [6.07, 6.45) is 10.4. The zero-order chi connectivity index (χ0) is 7.40. The Morgan fingerprint density at radius 1 is 1.70 bits per heavy atom. The van der Waals surface area contributed by atoms with Crippen LogP contribution in [-0.2, 0) is 0 Å². The van der Waals surface area contributed by atoms with E-state index in [-0.39, 0.29) is 0 Å². The third-order valence-electron chi connectivity index (χ3n) is 1.46. The quantitative estimate of drug-likeness (QED) is 0.547. The highest BCUT2D eigenvalue weighted by Gasteiger charge is 2.03. The van der Waals surface area contributed by atoms with Crippen molar-refractivity contribution in [1.29, 1.82) is 0 Å². The Bertz CT molecular complexity index is 187. The summed E-state index contributed by atoms with van der Waals surface area (Å²) in [6, 6.07) is 0. The summed E-state index contributed by atoms with van der Waals surface area (Å²) >= 11 is 5.14. The zero-order valence-corrected chi connectivity index (χ0v) is 6.95. The van der Waals surface area contributed by atoms with E-state index in [9.17, 15) is 0 Å². The van der Waals surface area contributed by atoms with Gasteiger partial charge in [0.05, 0.1) is 0 Å². The van der Waals surface area contributed by atoms with Crippen LogP contribution in [0.5, 0.6) is 0 Å². The van der Waals surface area contributed by atoms with Gasteiger partial charge in [-0.2, -0.15) is 0 Å². The van der Waals surface area contributed by atoms with E-state index in [1.165, 1.54) is 5.57 Å². The highest BCUT2D eigenvalue weighted by molar-refractivity contribution is 7.80. The van der Waals surface area contributed by atoms with Gasteiger partial charge in [-0.25, -0.2) is 0 Å². The summed E-state index contributed by atoms with van der Waals surface area (Å²) in [5, 5.41) is 0. The van der Waals surface area contributed by atoms with Gasteiger partial charge in [-0.15, -0.1) is 0 Å². The van der Waals surface area contributed by atoms with Gasteiger partial charge in [0.15, 0.2) is 0 Å². The topological polar surface area (TPSA) is 0 Å². The lowest BCUT2D eigenvalue weighted by Crippen LogP contribution is -2.01. The normalized spacial score (nSPS) is 17.3. The first kappa shape index (κ1) is 7.67. The van der Waals surface area contributed by atoms with E-state index in [2.05, 4.69) is 31.6 Å². The molecule has 53 valence electrons. The average molecular weight is 151 g/mol. The second kappa shape index (κ2) is 3.67. The highest BCUT2D eigenvalue weighted by Crippen LogP contribution is 2.13. The number of hydrogen-bond acceptors (Lipinski definition) is 1. The maximum absolute atomic E-state index is 5.14. The van der Waals surface area contributed by atoms with Gasteiger partial charge in [0, 0.05) is 11.3 Å². The fourth-order valence-corrected chi connectivity index (χ4v) is 1.21. The van der Waals surface area contributed by atoms with Crippen LogP contribution in [0.1, 0.15) is 19.8 Å².